The lowest BCUT2D eigenvalue weighted by Gasteiger charge is -2.26. The molecule has 4 heteroatoms. The van der Waals surface area contributed by atoms with Gasteiger partial charge in [-0.25, -0.2) is 0 Å². The van der Waals surface area contributed by atoms with Crippen LogP contribution in [0.15, 0.2) is 36.4 Å². The largest absolute Gasteiger partial charge is 0.379 e. The average molecular weight is 393 g/mol. The van der Waals surface area contributed by atoms with Gasteiger partial charge < -0.3 is 10.1 Å². The lowest BCUT2D eigenvalue weighted by atomic mass is 9.98. The molecular weight excluding hydrogens is 364 g/mol. The van der Waals surface area contributed by atoms with Gasteiger partial charge in [-0.3, -0.25) is 4.90 Å². The molecule has 0 aliphatic carbocycles. The summed E-state index contributed by atoms with van der Waals surface area (Å²) in [6.07, 6.45) is 0.758. The molecule has 0 amide bonds. The van der Waals surface area contributed by atoms with Crippen molar-refractivity contribution in [2.24, 2.45) is 0 Å². The van der Waals surface area contributed by atoms with Crippen molar-refractivity contribution in [2.45, 2.75) is 33.7 Å². The number of hydrogen-bond donors (Lipinski definition) is 1. The fourth-order valence-corrected chi connectivity index (χ4v) is 3.76. The number of rotatable bonds is 5. The third kappa shape index (κ3) is 5.42. The minimum absolute atomic E-state index is 0.754. The summed E-state index contributed by atoms with van der Waals surface area (Å²) in [6, 6.07) is 12.9. The van der Waals surface area contributed by atoms with Crippen molar-refractivity contribution in [1.82, 2.24) is 4.90 Å². The predicted molar refractivity (Wildman–Crippen MR) is 121 cm³/mol. The van der Waals surface area contributed by atoms with Crippen LogP contribution >= 0.6 is 12.2 Å². The van der Waals surface area contributed by atoms with Crippen molar-refractivity contribution >= 4 is 22.9 Å². The highest BCUT2D eigenvalue weighted by Crippen LogP contribution is 2.20. The van der Waals surface area contributed by atoms with E-state index < -0.39 is 0 Å². The van der Waals surface area contributed by atoms with Crippen LogP contribution in [0.1, 0.15) is 34.7 Å². The lowest BCUT2D eigenvalue weighted by Crippen LogP contribution is -2.35. The number of nitrogens with one attached hydrogen (secondary N) is 1. The van der Waals surface area contributed by atoms with Crippen molar-refractivity contribution < 1.29 is 4.74 Å². The molecule has 2 aromatic carbocycles. The van der Waals surface area contributed by atoms with Crippen LogP contribution in [0.25, 0.3) is 0 Å². The van der Waals surface area contributed by atoms with Gasteiger partial charge in [0.2, 0.25) is 0 Å². The summed E-state index contributed by atoms with van der Waals surface area (Å²) in [7, 11) is 0. The number of hydrogen-bond acceptors (Lipinski definition) is 3. The second-order valence-electron chi connectivity index (χ2n) is 7.24. The van der Waals surface area contributed by atoms with Gasteiger partial charge in [0.1, 0.15) is 4.99 Å². The van der Waals surface area contributed by atoms with E-state index in [2.05, 4.69) is 72.3 Å². The van der Waals surface area contributed by atoms with Crippen LogP contribution in [0.3, 0.4) is 0 Å². The van der Waals surface area contributed by atoms with Gasteiger partial charge in [0.15, 0.2) is 0 Å². The predicted octanol–water partition coefficient (Wildman–Crippen LogP) is 4.49. The number of nitrogens with zero attached hydrogens (tertiary/aromatic N) is 1. The SMILES string of the molecule is CC#CCc1cc(C(=S)Nc2ccc(CN3CCOCC3)cc2)c(C)cc1C. The second-order valence-corrected chi connectivity index (χ2v) is 7.64. The Bertz CT molecular complexity index is 887. The minimum atomic E-state index is 0.754. The van der Waals surface area contributed by atoms with Crippen LogP contribution in [0.4, 0.5) is 5.69 Å². The van der Waals surface area contributed by atoms with Crippen molar-refractivity contribution in [2.75, 3.05) is 31.6 Å². The number of anilines is 1. The number of aryl methyl sites for hydroxylation is 2. The van der Waals surface area contributed by atoms with E-state index in [1.807, 2.05) is 6.92 Å². The van der Waals surface area contributed by atoms with E-state index in [1.54, 1.807) is 0 Å². The summed E-state index contributed by atoms with van der Waals surface area (Å²) in [5.74, 6) is 6.13. The zero-order chi connectivity index (χ0) is 19.9. The van der Waals surface area contributed by atoms with Gasteiger partial charge >= 0.3 is 0 Å². The second kappa shape index (κ2) is 9.84. The number of ether oxygens (including phenoxy) is 1. The van der Waals surface area contributed by atoms with Gasteiger partial charge in [-0.1, -0.05) is 36.3 Å². The molecule has 0 atom stereocenters. The molecule has 1 N–H and O–H groups in total. The first-order valence-electron chi connectivity index (χ1n) is 9.77. The Morgan fingerprint density at radius 1 is 1.11 bits per heavy atom. The average Bonchev–Trinajstić information content (AvgIpc) is 2.69. The minimum Gasteiger partial charge on any atom is -0.379 e. The Labute approximate surface area is 174 Å². The molecule has 146 valence electrons. The molecule has 1 aliphatic heterocycles. The number of benzene rings is 2. The fourth-order valence-electron chi connectivity index (χ4n) is 3.43. The first-order chi connectivity index (χ1) is 13.6. The quantitative estimate of drug-likeness (QED) is 0.599. The Hall–Kier alpha value is -2.19. The maximum Gasteiger partial charge on any atom is 0.111 e. The highest BCUT2D eigenvalue weighted by atomic mass is 32.1. The zero-order valence-electron chi connectivity index (χ0n) is 17.0. The van der Waals surface area contributed by atoms with Crippen LogP contribution in [-0.4, -0.2) is 36.2 Å². The molecule has 3 nitrogen and oxygen atoms in total. The van der Waals surface area contributed by atoms with E-state index in [4.69, 9.17) is 17.0 Å². The van der Waals surface area contributed by atoms with Gasteiger partial charge in [0.25, 0.3) is 0 Å². The highest BCUT2D eigenvalue weighted by molar-refractivity contribution is 7.81. The maximum absolute atomic E-state index is 5.70. The smallest absolute Gasteiger partial charge is 0.111 e. The zero-order valence-corrected chi connectivity index (χ0v) is 17.8. The molecule has 1 saturated heterocycles. The molecule has 1 heterocycles. The first kappa shape index (κ1) is 20.5. The van der Waals surface area contributed by atoms with Crippen LogP contribution in [-0.2, 0) is 17.7 Å². The number of morpholine rings is 1. The number of thiocarbonyl (C=S) groups is 1. The van der Waals surface area contributed by atoms with Gasteiger partial charge in [-0.2, -0.15) is 0 Å². The molecule has 0 radical (unpaired) electrons. The fraction of sp³-hybridized carbons (Fsp3) is 0.375. The van der Waals surface area contributed by atoms with Crippen LogP contribution in [0.2, 0.25) is 0 Å². The van der Waals surface area contributed by atoms with Gasteiger partial charge in [0.05, 0.1) is 13.2 Å². The van der Waals surface area contributed by atoms with E-state index in [-0.39, 0.29) is 0 Å². The summed E-state index contributed by atoms with van der Waals surface area (Å²) in [6.45, 7) is 10.7. The van der Waals surface area contributed by atoms with Gasteiger partial charge in [-0.05, 0) is 61.2 Å². The van der Waals surface area contributed by atoms with E-state index >= 15 is 0 Å². The topological polar surface area (TPSA) is 24.5 Å². The lowest BCUT2D eigenvalue weighted by molar-refractivity contribution is 0.0342. The van der Waals surface area contributed by atoms with Gasteiger partial charge in [0, 0.05) is 37.3 Å². The summed E-state index contributed by atoms with van der Waals surface area (Å²) >= 11 is 5.70. The van der Waals surface area contributed by atoms with E-state index in [0.29, 0.717) is 0 Å². The van der Waals surface area contributed by atoms with Crippen LogP contribution < -0.4 is 5.32 Å². The molecular formula is C24H28N2OS. The van der Waals surface area contributed by atoms with Crippen LogP contribution in [0, 0.1) is 25.7 Å². The highest BCUT2D eigenvalue weighted by Gasteiger charge is 2.12. The van der Waals surface area contributed by atoms with Gasteiger partial charge in [-0.15, -0.1) is 5.92 Å². The van der Waals surface area contributed by atoms with Crippen molar-refractivity contribution in [3.8, 4) is 11.8 Å². The third-order valence-electron chi connectivity index (χ3n) is 5.10. The Balaban J connectivity index is 1.67. The molecule has 28 heavy (non-hydrogen) atoms. The molecule has 3 rings (SSSR count). The monoisotopic (exact) mass is 392 g/mol. The third-order valence-corrected chi connectivity index (χ3v) is 5.43. The Morgan fingerprint density at radius 3 is 2.50 bits per heavy atom. The van der Waals surface area contributed by atoms with Crippen molar-refractivity contribution in [3.63, 3.8) is 0 Å². The van der Waals surface area contributed by atoms with E-state index in [0.717, 1.165) is 55.5 Å². The molecule has 0 saturated carbocycles. The van der Waals surface area contributed by atoms with Crippen molar-refractivity contribution in [1.29, 1.82) is 0 Å². The first-order valence-corrected chi connectivity index (χ1v) is 10.2. The van der Waals surface area contributed by atoms with E-state index in [1.165, 1.54) is 22.3 Å². The van der Waals surface area contributed by atoms with E-state index in [9.17, 15) is 0 Å². The standard InChI is InChI=1S/C24H28N2OS/c1-4-5-6-21-16-23(19(3)15-18(21)2)24(28)25-22-9-7-20(8-10-22)17-26-11-13-27-14-12-26/h7-10,15-16H,6,11-14,17H2,1-3H3,(H,25,28). The van der Waals surface area contributed by atoms with Crippen molar-refractivity contribution in [3.05, 3.63) is 64.2 Å². The summed E-state index contributed by atoms with van der Waals surface area (Å²) in [5, 5.41) is 3.39. The molecule has 0 aromatic heterocycles. The molecule has 1 fully saturated rings. The molecule has 1 aliphatic rings. The normalized spacial score (nSPS) is 14.2. The molecule has 0 spiro atoms. The molecule has 0 unspecified atom stereocenters. The van der Waals surface area contributed by atoms with Crippen LogP contribution in [0.5, 0.6) is 0 Å². The summed E-state index contributed by atoms with van der Waals surface area (Å²) in [4.78, 5) is 3.18. The summed E-state index contributed by atoms with van der Waals surface area (Å²) < 4.78 is 5.42. The molecule has 2 aromatic rings. The Kier molecular flexibility index (Phi) is 7.22. The Morgan fingerprint density at radius 2 is 1.82 bits per heavy atom. The molecule has 0 bridgehead atoms. The summed E-state index contributed by atoms with van der Waals surface area (Å²) in [5.41, 5.74) is 7.09. The maximum atomic E-state index is 5.70.